The van der Waals surface area contributed by atoms with E-state index in [-0.39, 0.29) is 39.6 Å². The summed E-state index contributed by atoms with van der Waals surface area (Å²) < 4.78 is 17.8. The normalized spacial score (nSPS) is 14.0. The van der Waals surface area contributed by atoms with Gasteiger partial charge < -0.3 is 5.32 Å². The van der Waals surface area contributed by atoms with E-state index in [1.54, 1.807) is 23.7 Å². The number of anilines is 2. The molecule has 2 heterocycles. The quantitative estimate of drug-likeness (QED) is 0.621. The van der Waals surface area contributed by atoms with E-state index in [2.05, 4.69) is 10.3 Å². The number of aromatic nitrogens is 3. The number of halogens is 2. The number of nitrogens with zero attached hydrogens (tertiary/aromatic N) is 3. The van der Waals surface area contributed by atoms with Gasteiger partial charge in [-0.2, -0.15) is 0 Å². The van der Waals surface area contributed by atoms with Crippen molar-refractivity contribution in [1.29, 1.82) is 0 Å². The molecule has 0 bridgehead atoms. The molecule has 1 aromatic carbocycles. The summed E-state index contributed by atoms with van der Waals surface area (Å²) in [6.07, 6.45) is 3.36. The molecule has 6 nitrogen and oxygen atoms in total. The Labute approximate surface area is 155 Å². The number of hydrogen-bond acceptors (Lipinski definition) is 4. The molecule has 0 unspecified atom stereocenters. The molecule has 1 fully saturated rings. The number of benzene rings is 1. The van der Waals surface area contributed by atoms with Gasteiger partial charge in [-0.05, 0) is 53.6 Å². The van der Waals surface area contributed by atoms with Gasteiger partial charge in [-0.25, -0.2) is 9.37 Å². The number of fused-ring (bicyclic) bond motifs is 1. The van der Waals surface area contributed by atoms with Crippen molar-refractivity contribution in [2.75, 3.05) is 5.32 Å². The van der Waals surface area contributed by atoms with E-state index in [9.17, 15) is 14.0 Å². The van der Waals surface area contributed by atoms with Crippen LogP contribution in [0.2, 0.25) is 0 Å². The van der Waals surface area contributed by atoms with Crippen molar-refractivity contribution in [2.45, 2.75) is 18.9 Å². The van der Waals surface area contributed by atoms with E-state index < -0.39 is 5.82 Å². The summed E-state index contributed by atoms with van der Waals surface area (Å²) in [4.78, 5) is 29.4. The first-order valence-electron chi connectivity index (χ1n) is 7.78. The van der Waals surface area contributed by atoms with Crippen LogP contribution in [0.15, 0.2) is 40.2 Å². The third kappa shape index (κ3) is 2.84. The number of pyridine rings is 1. The Morgan fingerprint density at radius 1 is 1.24 bits per heavy atom. The summed E-state index contributed by atoms with van der Waals surface area (Å²) in [5, 5.41) is 3.18. The van der Waals surface area contributed by atoms with Crippen molar-refractivity contribution in [3.63, 3.8) is 0 Å². The molecule has 4 rings (SSSR count). The molecular formula is C17H14FIN4O2. The van der Waals surface area contributed by atoms with Gasteiger partial charge in [0.25, 0.3) is 11.1 Å². The zero-order chi connectivity index (χ0) is 17.7. The molecule has 0 amide bonds. The first-order chi connectivity index (χ1) is 12.0. The molecule has 0 saturated heterocycles. The van der Waals surface area contributed by atoms with Crippen LogP contribution in [0.3, 0.4) is 0 Å². The molecule has 8 heteroatoms. The number of nitrogens with one attached hydrogen (secondary N) is 1. The number of aryl methyl sites for hydroxylation is 1. The zero-order valence-corrected chi connectivity index (χ0v) is 15.4. The molecule has 3 aromatic rings. The summed E-state index contributed by atoms with van der Waals surface area (Å²) in [5.41, 5.74) is 0.207. The van der Waals surface area contributed by atoms with E-state index in [0.29, 0.717) is 0 Å². The van der Waals surface area contributed by atoms with Crippen LogP contribution in [0.25, 0.3) is 11.0 Å². The smallest absolute Gasteiger partial charge is 0.265 e. The first kappa shape index (κ1) is 16.2. The molecule has 1 aliphatic rings. The van der Waals surface area contributed by atoms with Crippen LogP contribution < -0.4 is 16.4 Å². The second-order valence-corrected chi connectivity index (χ2v) is 7.34. The molecule has 1 N–H and O–H groups in total. The SMILES string of the molecule is Cn1c(=O)cc(Nc2ccc(I)cc2F)c2c(=O)n(C3CC3)cnc21. The van der Waals surface area contributed by atoms with Crippen molar-refractivity contribution in [2.24, 2.45) is 7.05 Å². The second-order valence-electron chi connectivity index (χ2n) is 6.09. The van der Waals surface area contributed by atoms with E-state index in [1.807, 2.05) is 22.6 Å². The van der Waals surface area contributed by atoms with Gasteiger partial charge in [0, 0.05) is 22.7 Å². The minimum Gasteiger partial charge on any atom is -0.352 e. The van der Waals surface area contributed by atoms with E-state index >= 15 is 0 Å². The standard InChI is InChI=1S/C17H14FIN4O2/c1-22-14(24)7-13(21-12-5-2-9(19)6-11(12)18)15-16(22)20-8-23(17(15)25)10-3-4-10/h2,5-8,10,21H,3-4H2,1H3. The van der Waals surface area contributed by atoms with Gasteiger partial charge in [0.05, 0.1) is 11.4 Å². The zero-order valence-electron chi connectivity index (χ0n) is 13.3. The van der Waals surface area contributed by atoms with Crippen LogP contribution in [-0.2, 0) is 7.05 Å². The van der Waals surface area contributed by atoms with Gasteiger partial charge in [0.1, 0.15) is 17.5 Å². The molecule has 0 radical (unpaired) electrons. The van der Waals surface area contributed by atoms with Gasteiger partial charge in [-0.15, -0.1) is 0 Å². The van der Waals surface area contributed by atoms with Gasteiger partial charge in [0.15, 0.2) is 5.65 Å². The van der Waals surface area contributed by atoms with E-state index in [4.69, 9.17) is 0 Å². The van der Waals surface area contributed by atoms with Gasteiger partial charge >= 0.3 is 0 Å². The van der Waals surface area contributed by atoms with Crippen LogP contribution in [0.4, 0.5) is 15.8 Å². The number of hydrogen-bond donors (Lipinski definition) is 1. The number of rotatable bonds is 3. The first-order valence-corrected chi connectivity index (χ1v) is 8.86. The van der Waals surface area contributed by atoms with Crippen LogP contribution in [0.5, 0.6) is 0 Å². The lowest BCUT2D eigenvalue weighted by Gasteiger charge is -2.13. The highest BCUT2D eigenvalue weighted by atomic mass is 127. The van der Waals surface area contributed by atoms with Crippen molar-refractivity contribution < 1.29 is 4.39 Å². The highest BCUT2D eigenvalue weighted by Gasteiger charge is 2.26. The third-order valence-corrected chi connectivity index (χ3v) is 4.97. The van der Waals surface area contributed by atoms with Crippen molar-refractivity contribution >= 4 is 45.0 Å². The fourth-order valence-corrected chi connectivity index (χ4v) is 3.25. The molecular weight excluding hydrogens is 438 g/mol. The fourth-order valence-electron chi connectivity index (χ4n) is 2.79. The van der Waals surface area contributed by atoms with Crippen molar-refractivity contribution in [1.82, 2.24) is 14.1 Å². The lowest BCUT2D eigenvalue weighted by molar-refractivity contribution is 0.631. The second kappa shape index (κ2) is 5.94. The fraction of sp³-hybridized carbons (Fsp3) is 0.235. The lowest BCUT2D eigenvalue weighted by atomic mass is 10.2. The third-order valence-electron chi connectivity index (χ3n) is 4.30. The van der Waals surface area contributed by atoms with Gasteiger partial charge in [-0.3, -0.25) is 18.7 Å². The van der Waals surface area contributed by atoms with Crippen LogP contribution >= 0.6 is 22.6 Å². The molecule has 1 aliphatic carbocycles. The largest absolute Gasteiger partial charge is 0.352 e. The minimum absolute atomic E-state index is 0.157. The summed E-state index contributed by atoms with van der Waals surface area (Å²) in [6.45, 7) is 0. The minimum atomic E-state index is -0.452. The lowest BCUT2D eigenvalue weighted by Crippen LogP contribution is -2.26. The molecule has 0 spiro atoms. The van der Waals surface area contributed by atoms with Crippen LogP contribution in [0, 0.1) is 9.39 Å². The van der Waals surface area contributed by atoms with Gasteiger partial charge in [-0.1, -0.05) is 0 Å². The summed E-state index contributed by atoms with van der Waals surface area (Å²) >= 11 is 2.02. The maximum Gasteiger partial charge on any atom is 0.265 e. The molecule has 128 valence electrons. The Morgan fingerprint density at radius 3 is 2.68 bits per heavy atom. The molecule has 1 saturated carbocycles. The highest BCUT2D eigenvalue weighted by Crippen LogP contribution is 2.34. The Balaban J connectivity index is 1.95. The molecule has 2 aromatic heterocycles. The van der Waals surface area contributed by atoms with E-state index in [1.165, 1.54) is 23.0 Å². The average molecular weight is 452 g/mol. The van der Waals surface area contributed by atoms with Crippen LogP contribution in [0.1, 0.15) is 18.9 Å². The van der Waals surface area contributed by atoms with Gasteiger partial charge in [0.2, 0.25) is 0 Å². The average Bonchev–Trinajstić information content (AvgIpc) is 3.39. The molecule has 0 aliphatic heterocycles. The maximum absolute atomic E-state index is 14.2. The summed E-state index contributed by atoms with van der Waals surface area (Å²) in [7, 11) is 1.56. The predicted molar refractivity (Wildman–Crippen MR) is 102 cm³/mol. The van der Waals surface area contributed by atoms with Crippen molar-refractivity contribution in [3.05, 3.63) is 60.7 Å². The van der Waals surface area contributed by atoms with E-state index in [0.717, 1.165) is 16.4 Å². The molecule has 25 heavy (non-hydrogen) atoms. The highest BCUT2D eigenvalue weighted by molar-refractivity contribution is 14.1. The topological polar surface area (TPSA) is 68.9 Å². The summed E-state index contributed by atoms with van der Waals surface area (Å²) in [6, 6.07) is 6.17. The monoisotopic (exact) mass is 452 g/mol. The maximum atomic E-state index is 14.2. The summed E-state index contributed by atoms with van der Waals surface area (Å²) in [5.74, 6) is -0.452. The Bertz CT molecular complexity index is 1120. The Hall–Kier alpha value is -2.23. The Morgan fingerprint density at radius 2 is 2.00 bits per heavy atom. The van der Waals surface area contributed by atoms with Crippen molar-refractivity contribution in [3.8, 4) is 0 Å². The Kier molecular flexibility index (Phi) is 3.86. The van der Waals surface area contributed by atoms with Crippen LogP contribution in [-0.4, -0.2) is 14.1 Å². The predicted octanol–water partition coefficient (Wildman–Crippen LogP) is 2.92. The molecule has 0 atom stereocenters.